The Morgan fingerprint density at radius 1 is 1.13 bits per heavy atom. The van der Waals surface area contributed by atoms with E-state index in [1.807, 2.05) is 12.1 Å². The highest BCUT2D eigenvalue weighted by atomic mass is 32.2. The highest BCUT2D eigenvalue weighted by Crippen LogP contribution is 2.32. The van der Waals surface area contributed by atoms with Crippen molar-refractivity contribution >= 4 is 57.8 Å². The maximum atomic E-state index is 12.7. The van der Waals surface area contributed by atoms with Crippen LogP contribution in [0.5, 0.6) is 5.75 Å². The van der Waals surface area contributed by atoms with E-state index in [1.54, 1.807) is 56.5 Å². The summed E-state index contributed by atoms with van der Waals surface area (Å²) in [5.74, 6) is -0.428. The molecule has 0 bridgehead atoms. The quantitative estimate of drug-likeness (QED) is 0.386. The summed E-state index contributed by atoms with van der Waals surface area (Å²) in [4.78, 5) is 38.5. The first-order chi connectivity index (χ1) is 14.9. The van der Waals surface area contributed by atoms with Crippen LogP contribution in [0.2, 0.25) is 0 Å². The number of thioether (sulfide) groups is 1. The molecule has 0 radical (unpaired) electrons. The van der Waals surface area contributed by atoms with Crippen LogP contribution in [0, 0.1) is 0 Å². The Labute approximate surface area is 189 Å². The summed E-state index contributed by atoms with van der Waals surface area (Å²) in [5.41, 5.74) is 1.71. The number of thiocarbonyl (C=S) groups is 1. The molecule has 1 fully saturated rings. The molecular formula is C22H20N2O5S2. The number of carbonyl (C=O) groups excluding carboxylic acids is 3. The fourth-order valence-electron chi connectivity index (χ4n) is 2.74. The Kier molecular flexibility index (Phi) is 7.43. The molecule has 0 unspecified atom stereocenters. The van der Waals surface area contributed by atoms with Crippen molar-refractivity contribution in [2.75, 3.05) is 25.6 Å². The number of carbonyl (C=O) groups is 3. The molecule has 1 aliphatic heterocycles. The number of benzene rings is 2. The number of methoxy groups -OCH3 is 1. The summed E-state index contributed by atoms with van der Waals surface area (Å²) in [7, 11) is 1.58. The maximum absolute atomic E-state index is 12.7. The molecule has 2 amide bonds. The topological polar surface area (TPSA) is 84.9 Å². The smallest absolute Gasteiger partial charge is 0.338 e. The number of hydrogen-bond acceptors (Lipinski definition) is 7. The third kappa shape index (κ3) is 5.71. The molecule has 1 heterocycles. The second-order valence-electron chi connectivity index (χ2n) is 6.39. The molecule has 2 aromatic rings. The molecule has 0 spiro atoms. The second-order valence-corrected chi connectivity index (χ2v) is 8.06. The Hall–Kier alpha value is -3.17. The molecule has 0 atom stereocenters. The van der Waals surface area contributed by atoms with Gasteiger partial charge in [-0.05, 0) is 55.0 Å². The number of ether oxygens (including phenoxy) is 2. The summed E-state index contributed by atoms with van der Waals surface area (Å²) in [6, 6.07) is 13.6. The summed E-state index contributed by atoms with van der Waals surface area (Å²) >= 11 is 6.43. The largest absolute Gasteiger partial charge is 0.497 e. The van der Waals surface area contributed by atoms with E-state index in [0.29, 0.717) is 20.5 Å². The number of nitrogens with zero attached hydrogens (tertiary/aromatic N) is 1. The first kappa shape index (κ1) is 22.5. The van der Waals surface area contributed by atoms with E-state index in [2.05, 4.69) is 5.32 Å². The van der Waals surface area contributed by atoms with Gasteiger partial charge in [-0.1, -0.05) is 36.1 Å². The number of nitrogens with one attached hydrogen (secondary N) is 1. The van der Waals surface area contributed by atoms with Crippen molar-refractivity contribution in [3.05, 3.63) is 64.6 Å². The highest BCUT2D eigenvalue weighted by Gasteiger charge is 2.33. The van der Waals surface area contributed by atoms with E-state index >= 15 is 0 Å². The van der Waals surface area contributed by atoms with Crippen LogP contribution in [-0.4, -0.2) is 47.3 Å². The fourth-order valence-corrected chi connectivity index (χ4v) is 3.99. The average molecular weight is 457 g/mol. The lowest BCUT2D eigenvalue weighted by Gasteiger charge is -2.14. The number of rotatable bonds is 7. The number of anilines is 1. The minimum Gasteiger partial charge on any atom is -0.497 e. The third-order valence-corrected chi connectivity index (χ3v) is 5.65. The molecule has 1 N–H and O–H groups in total. The van der Waals surface area contributed by atoms with Gasteiger partial charge in [-0.3, -0.25) is 14.5 Å². The zero-order valence-corrected chi connectivity index (χ0v) is 18.5. The first-order valence-corrected chi connectivity index (χ1v) is 10.6. The third-order valence-electron chi connectivity index (χ3n) is 4.27. The van der Waals surface area contributed by atoms with Crippen molar-refractivity contribution in [3.8, 4) is 5.75 Å². The molecule has 3 rings (SSSR count). The van der Waals surface area contributed by atoms with Gasteiger partial charge in [-0.15, -0.1) is 0 Å². The normalized spacial score (nSPS) is 14.6. The van der Waals surface area contributed by atoms with Gasteiger partial charge in [-0.2, -0.15) is 0 Å². The van der Waals surface area contributed by atoms with Crippen molar-refractivity contribution in [2.24, 2.45) is 0 Å². The van der Waals surface area contributed by atoms with Crippen LogP contribution in [-0.2, 0) is 14.3 Å². The van der Waals surface area contributed by atoms with E-state index in [0.717, 1.165) is 23.1 Å². The summed E-state index contributed by atoms with van der Waals surface area (Å²) < 4.78 is 10.4. The summed E-state index contributed by atoms with van der Waals surface area (Å²) in [5, 5.41) is 2.70. The van der Waals surface area contributed by atoms with Crippen molar-refractivity contribution in [3.63, 3.8) is 0 Å². The van der Waals surface area contributed by atoms with Gasteiger partial charge in [0.2, 0.25) is 5.91 Å². The molecule has 0 aromatic heterocycles. The molecule has 0 aliphatic carbocycles. The maximum Gasteiger partial charge on any atom is 0.338 e. The fraction of sp³-hybridized carbons (Fsp3) is 0.182. The molecule has 7 nitrogen and oxygen atoms in total. The van der Waals surface area contributed by atoms with Gasteiger partial charge in [-0.25, -0.2) is 4.79 Å². The standard InChI is InChI=1S/C22H20N2O5S2/c1-3-29-21(27)15-6-8-16(9-7-15)23-19(25)13-24-20(26)18(31-22(24)30)12-14-4-10-17(28-2)11-5-14/h4-12H,3,13H2,1-2H3,(H,23,25). The lowest BCUT2D eigenvalue weighted by molar-refractivity contribution is -0.126. The highest BCUT2D eigenvalue weighted by molar-refractivity contribution is 8.26. The van der Waals surface area contributed by atoms with Gasteiger partial charge in [0.05, 0.1) is 24.2 Å². The second kappa shape index (κ2) is 10.2. The van der Waals surface area contributed by atoms with Gasteiger partial charge in [0, 0.05) is 5.69 Å². The minimum absolute atomic E-state index is 0.204. The molecule has 9 heteroatoms. The van der Waals surface area contributed by atoms with Crippen LogP contribution < -0.4 is 10.1 Å². The predicted octanol–water partition coefficient (Wildman–Crippen LogP) is 3.71. The van der Waals surface area contributed by atoms with Crippen LogP contribution in [0.25, 0.3) is 6.08 Å². The lowest BCUT2D eigenvalue weighted by Crippen LogP contribution is -2.36. The van der Waals surface area contributed by atoms with Crippen LogP contribution in [0.15, 0.2) is 53.4 Å². The van der Waals surface area contributed by atoms with E-state index in [1.165, 1.54) is 4.90 Å². The Bertz CT molecular complexity index is 1030. The summed E-state index contributed by atoms with van der Waals surface area (Å²) in [6.07, 6.45) is 1.73. The van der Waals surface area contributed by atoms with Crippen LogP contribution in [0.3, 0.4) is 0 Å². The zero-order chi connectivity index (χ0) is 22.4. The molecule has 160 valence electrons. The van der Waals surface area contributed by atoms with Gasteiger partial charge < -0.3 is 14.8 Å². The Balaban J connectivity index is 1.62. The molecular weight excluding hydrogens is 436 g/mol. The molecule has 0 saturated carbocycles. The van der Waals surface area contributed by atoms with Crippen molar-refractivity contribution in [1.82, 2.24) is 4.90 Å². The van der Waals surface area contributed by atoms with Gasteiger partial charge in [0.1, 0.15) is 16.6 Å². The SMILES string of the molecule is CCOC(=O)c1ccc(NC(=O)CN2C(=O)C(=Cc3ccc(OC)cc3)SC2=S)cc1. The Morgan fingerprint density at radius 3 is 2.42 bits per heavy atom. The van der Waals surface area contributed by atoms with E-state index in [9.17, 15) is 14.4 Å². The number of esters is 1. The molecule has 1 saturated heterocycles. The predicted molar refractivity (Wildman–Crippen MR) is 124 cm³/mol. The van der Waals surface area contributed by atoms with E-state index < -0.39 is 11.9 Å². The Morgan fingerprint density at radius 2 is 1.81 bits per heavy atom. The average Bonchev–Trinajstić information content (AvgIpc) is 3.02. The van der Waals surface area contributed by atoms with Crippen molar-refractivity contribution < 1.29 is 23.9 Å². The van der Waals surface area contributed by atoms with Gasteiger partial charge >= 0.3 is 5.97 Å². The van der Waals surface area contributed by atoms with Crippen molar-refractivity contribution in [1.29, 1.82) is 0 Å². The molecule has 2 aromatic carbocycles. The van der Waals surface area contributed by atoms with Gasteiger partial charge in [0.25, 0.3) is 5.91 Å². The zero-order valence-electron chi connectivity index (χ0n) is 16.9. The van der Waals surface area contributed by atoms with E-state index in [4.69, 9.17) is 21.7 Å². The van der Waals surface area contributed by atoms with Gasteiger partial charge in [0.15, 0.2) is 0 Å². The minimum atomic E-state index is -0.429. The molecule has 31 heavy (non-hydrogen) atoms. The van der Waals surface area contributed by atoms with E-state index in [-0.39, 0.29) is 19.1 Å². The summed E-state index contributed by atoms with van der Waals surface area (Å²) in [6.45, 7) is 1.81. The number of hydrogen-bond donors (Lipinski definition) is 1. The van der Waals surface area contributed by atoms with Crippen LogP contribution in [0.4, 0.5) is 5.69 Å². The molecule has 1 aliphatic rings. The monoisotopic (exact) mass is 456 g/mol. The number of amides is 2. The van der Waals surface area contributed by atoms with Crippen molar-refractivity contribution in [2.45, 2.75) is 6.92 Å². The van der Waals surface area contributed by atoms with Crippen LogP contribution >= 0.6 is 24.0 Å². The lowest BCUT2D eigenvalue weighted by atomic mass is 10.2. The first-order valence-electron chi connectivity index (χ1n) is 9.37. The van der Waals surface area contributed by atoms with Crippen LogP contribution in [0.1, 0.15) is 22.8 Å².